The van der Waals surface area contributed by atoms with Crippen molar-refractivity contribution in [1.82, 2.24) is 9.88 Å². The van der Waals surface area contributed by atoms with Crippen molar-refractivity contribution < 1.29 is 0 Å². The van der Waals surface area contributed by atoms with E-state index in [-0.39, 0.29) is 0 Å². The molecule has 0 amide bonds. The second-order valence-electron chi connectivity index (χ2n) is 5.23. The molecule has 18 heavy (non-hydrogen) atoms. The van der Waals surface area contributed by atoms with Crippen LogP contribution < -0.4 is 10.6 Å². The fraction of sp³-hybridized carbons (Fsp3) is 0.643. The molecular formula is C14H24N4. The minimum atomic E-state index is 0.570. The topological polar surface area (TPSA) is 45.4 Å². The van der Waals surface area contributed by atoms with Crippen molar-refractivity contribution in [3.63, 3.8) is 0 Å². The average Bonchev–Trinajstić information content (AvgIpc) is 2.38. The summed E-state index contributed by atoms with van der Waals surface area (Å²) in [4.78, 5) is 9.54. The molecule has 0 radical (unpaired) electrons. The summed E-state index contributed by atoms with van der Waals surface area (Å²) in [5.41, 5.74) is 7.87. The van der Waals surface area contributed by atoms with Gasteiger partial charge in [-0.3, -0.25) is 4.90 Å². The number of aromatic nitrogens is 1. The maximum Gasteiger partial charge on any atom is 0.128 e. The second kappa shape index (κ2) is 5.67. The van der Waals surface area contributed by atoms with Crippen molar-refractivity contribution in [2.45, 2.75) is 33.4 Å². The van der Waals surface area contributed by atoms with Crippen LogP contribution in [-0.2, 0) is 6.54 Å². The number of nitrogens with two attached hydrogens (primary N) is 1. The van der Waals surface area contributed by atoms with Crippen molar-refractivity contribution in [2.24, 2.45) is 5.73 Å². The van der Waals surface area contributed by atoms with Gasteiger partial charge in [-0.05, 0) is 32.4 Å². The highest BCUT2D eigenvalue weighted by atomic mass is 15.3. The predicted octanol–water partition coefficient (Wildman–Crippen LogP) is 1.38. The summed E-state index contributed by atoms with van der Waals surface area (Å²) in [6.45, 7) is 11.5. The van der Waals surface area contributed by atoms with Crippen LogP contribution >= 0.6 is 0 Å². The summed E-state index contributed by atoms with van der Waals surface area (Å²) >= 11 is 0. The van der Waals surface area contributed by atoms with Crippen LogP contribution in [0.5, 0.6) is 0 Å². The lowest BCUT2D eigenvalue weighted by atomic mass is 10.2. The fourth-order valence-electron chi connectivity index (χ4n) is 2.44. The molecule has 0 aromatic carbocycles. The molecule has 1 fully saturated rings. The molecule has 0 aliphatic carbocycles. The Bertz CT molecular complexity index is 395. The van der Waals surface area contributed by atoms with Crippen LogP contribution in [0, 0.1) is 6.92 Å². The van der Waals surface area contributed by atoms with Crippen molar-refractivity contribution in [2.75, 3.05) is 31.1 Å². The molecule has 0 bridgehead atoms. The smallest absolute Gasteiger partial charge is 0.128 e. The third-order valence-electron chi connectivity index (χ3n) is 3.77. The summed E-state index contributed by atoms with van der Waals surface area (Å²) in [7, 11) is 0. The molecule has 0 unspecified atom stereocenters. The van der Waals surface area contributed by atoms with Gasteiger partial charge in [0.2, 0.25) is 0 Å². The molecule has 1 aromatic rings. The number of anilines is 1. The Kier molecular flexibility index (Phi) is 4.19. The number of nitrogens with zero attached hydrogens (tertiary/aromatic N) is 3. The van der Waals surface area contributed by atoms with E-state index in [2.05, 4.69) is 40.8 Å². The van der Waals surface area contributed by atoms with Crippen LogP contribution in [-0.4, -0.2) is 42.1 Å². The SMILES string of the molecule is Cc1nc(N2CCN(C(C)C)CC2)ccc1CN. The molecular weight excluding hydrogens is 224 g/mol. The lowest BCUT2D eigenvalue weighted by Crippen LogP contribution is -2.49. The average molecular weight is 248 g/mol. The van der Waals surface area contributed by atoms with E-state index in [1.54, 1.807) is 0 Å². The van der Waals surface area contributed by atoms with Gasteiger partial charge in [0.15, 0.2) is 0 Å². The number of pyridine rings is 1. The maximum absolute atomic E-state index is 5.67. The van der Waals surface area contributed by atoms with Gasteiger partial charge in [-0.1, -0.05) is 6.07 Å². The van der Waals surface area contributed by atoms with Gasteiger partial charge in [-0.15, -0.1) is 0 Å². The Morgan fingerprint density at radius 3 is 2.39 bits per heavy atom. The van der Waals surface area contributed by atoms with Gasteiger partial charge in [-0.25, -0.2) is 4.98 Å². The number of hydrogen-bond donors (Lipinski definition) is 1. The van der Waals surface area contributed by atoms with Gasteiger partial charge in [-0.2, -0.15) is 0 Å². The number of piperazine rings is 1. The minimum Gasteiger partial charge on any atom is -0.354 e. The van der Waals surface area contributed by atoms with Crippen LogP contribution in [0.15, 0.2) is 12.1 Å². The molecule has 2 rings (SSSR count). The van der Waals surface area contributed by atoms with E-state index < -0.39 is 0 Å². The molecule has 1 saturated heterocycles. The van der Waals surface area contributed by atoms with E-state index in [1.807, 2.05) is 6.92 Å². The van der Waals surface area contributed by atoms with E-state index in [0.717, 1.165) is 43.3 Å². The van der Waals surface area contributed by atoms with E-state index in [4.69, 9.17) is 5.73 Å². The third kappa shape index (κ3) is 2.82. The lowest BCUT2D eigenvalue weighted by molar-refractivity contribution is 0.209. The van der Waals surface area contributed by atoms with Gasteiger partial charge in [0, 0.05) is 44.5 Å². The summed E-state index contributed by atoms with van der Waals surface area (Å²) in [6.07, 6.45) is 0. The maximum atomic E-state index is 5.67. The summed E-state index contributed by atoms with van der Waals surface area (Å²) in [6, 6.07) is 4.84. The molecule has 0 saturated carbocycles. The van der Waals surface area contributed by atoms with Gasteiger partial charge in [0.25, 0.3) is 0 Å². The Morgan fingerprint density at radius 1 is 1.22 bits per heavy atom. The number of aryl methyl sites for hydroxylation is 1. The highest BCUT2D eigenvalue weighted by Gasteiger charge is 2.19. The van der Waals surface area contributed by atoms with Gasteiger partial charge < -0.3 is 10.6 Å². The first-order valence-corrected chi connectivity index (χ1v) is 6.77. The first-order valence-electron chi connectivity index (χ1n) is 6.77. The van der Waals surface area contributed by atoms with Gasteiger partial charge >= 0.3 is 0 Å². The van der Waals surface area contributed by atoms with Crippen LogP contribution in [0.4, 0.5) is 5.82 Å². The molecule has 4 nitrogen and oxygen atoms in total. The van der Waals surface area contributed by atoms with E-state index >= 15 is 0 Å². The zero-order valence-corrected chi connectivity index (χ0v) is 11.7. The minimum absolute atomic E-state index is 0.570. The molecule has 0 atom stereocenters. The van der Waals surface area contributed by atoms with Crippen LogP contribution in [0.25, 0.3) is 0 Å². The van der Waals surface area contributed by atoms with E-state index in [0.29, 0.717) is 12.6 Å². The molecule has 100 valence electrons. The Morgan fingerprint density at radius 2 is 1.89 bits per heavy atom. The Balaban J connectivity index is 2.03. The highest BCUT2D eigenvalue weighted by Crippen LogP contribution is 2.17. The molecule has 2 heterocycles. The monoisotopic (exact) mass is 248 g/mol. The summed E-state index contributed by atoms with van der Waals surface area (Å²) < 4.78 is 0. The Hall–Kier alpha value is -1.13. The van der Waals surface area contributed by atoms with E-state index in [9.17, 15) is 0 Å². The van der Waals surface area contributed by atoms with Crippen LogP contribution in [0.1, 0.15) is 25.1 Å². The van der Waals surface area contributed by atoms with Gasteiger partial charge in [0.05, 0.1) is 0 Å². The van der Waals surface area contributed by atoms with Crippen molar-refractivity contribution in [3.8, 4) is 0 Å². The fourth-order valence-corrected chi connectivity index (χ4v) is 2.44. The third-order valence-corrected chi connectivity index (χ3v) is 3.77. The summed E-state index contributed by atoms with van der Waals surface area (Å²) in [5.74, 6) is 1.09. The highest BCUT2D eigenvalue weighted by molar-refractivity contribution is 5.42. The van der Waals surface area contributed by atoms with Gasteiger partial charge in [0.1, 0.15) is 5.82 Å². The molecule has 4 heteroatoms. The lowest BCUT2D eigenvalue weighted by Gasteiger charge is -2.37. The molecule has 1 aliphatic rings. The number of rotatable bonds is 3. The standard InChI is InChI=1S/C14H24N4/c1-11(2)17-6-8-18(9-7-17)14-5-4-13(10-15)12(3)16-14/h4-5,11H,6-10,15H2,1-3H3. The normalized spacial score (nSPS) is 17.5. The van der Waals surface area contributed by atoms with E-state index in [1.165, 1.54) is 0 Å². The van der Waals surface area contributed by atoms with Crippen molar-refractivity contribution in [3.05, 3.63) is 23.4 Å². The van der Waals surface area contributed by atoms with Crippen LogP contribution in [0.2, 0.25) is 0 Å². The second-order valence-corrected chi connectivity index (χ2v) is 5.23. The predicted molar refractivity (Wildman–Crippen MR) is 75.8 cm³/mol. The first-order chi connectivity index (χ1) is 8.61. The van der Waals surface area contributed by atoms with Crippen molar-refractivity contribution >= 4 is 5.82 Å². The van der Waals surface area contributed by atoms with Crippen molar-refractivity contribution in [1.29, 1.82) is 0 Å². The molecule has 1 aromatic heterocycles. The summed E-state index contributed by atoms with van der Waals surface area (Å²) in [5, 5.41) is 0. The first kappa shape index (κ1) is 13.3. The van der Waals surface area contributed by atoms with Crippen LogP contribution in [0.3, 0.4) is 0 Å². The quantitative estimate of drug-likeness (QED) is 0.878. The zero-order chi connectivity index (χ0) is 13.1. The largest absolute Gasteiger partial charge is 0.354 e. The molecule has 2 N–H and O–H groups in total. The molecule has 0 spiro atoms. The zero-order valence-electron chi connectivity index (χ0n) is 11.7. The Labute approximate surface area is 110 Å². The molecule has 1 aliphatic heterocycles. The number of hydrogen-bond acceptors (Lipinski definition) is 4.